The summed E-state index contributed by atoms with van der Waals surface area (Å²) in [6.45, 7) is 0. The van der Waals surface area contributed by atoms with Crippen LogP contribution in [0.5, 0.6) is 0 Å². The fraction of sp³-hybridized carbons (Fsp3) is 0. The third-order valence-electron chi connectivity index (χ3n) is 4.63. The molecule has 0 spiro atoms. The van der Waals surface area contributed by atoms with Crippen LogP contribution in [0.2, 0.25) is 0 Å². The molecule has 0 saturated heterocycles. The first-order valence-corrected chi connectivity index (χ1v) is 8.65. The molecular formula is C21H13N5O2. The molecule has 134 valence electrons. The summed E-state index contributed by atoms with van der Waals surface area (Å²) in [5.41, 5.74) is 3.90. The van der Waals surface area contributed by atoms with Gasteiger partial charge in [0.05, 0.1) is 4.92 Å². The molecule has 28 heavy (non-hydrogen) atoms. The van der Waals surface area contributed by atoms with E-state index >= 15 is 0 Å². The van der Waals surface area contributed by atoms with Crippen LogP contribution >= 0.6 is 0 Å². The molecule has 7 nitrogen and oxygen atoms in total. The molecule has 3 heterocycles. The van der Waals surface area contributed by atoms with Gasteiger partial charge in [-0.15, -0.1) is 10.2 Å². The van der Waals surface area contributed by atoms with Crippen LogP contribution in [0.25, 0.3) is 39.2 Å². The zero-order chi connectivity index (χ0) is 19.1. The number of hydrogen-bond donors (Lipinski definition) is 0. The highest BCUT2D eigenvalue weighted by Crippen LogP contribution is 2.31. The summed E-state index contributed by atoms with van der Waals surface area (Å²) in [6, 6.07) is 22.2. The van der Waals surface area contributed by atoms with E-state index < -0.39 is 4.92 Å². The summed E-state index contributed by atoms with van der Waals surface area (Å²) in [5.74, 6) is 0.514. The standard InChI is InChI=1S/C21H13N5O2/c27-26(28)17-10-4-8-15(12-17)20-23-24-21-18(14-6-2-1-3-7-14)13-16-9-5-11-22-19(16)25(20)21/h1-13H. The summed E-state index contributed by atoms with van der Waals surface area (Å²) in [5, 5.41) is 20.9. The molecule has 7 heteroatoms. The number of aromatic nitrogens is 4. The van der Waals surface area contributed by atoms with E-state index in [4.69, 9.17) is 0 Å². The van der Waals surface area contributed by atoms with Gasteiger partial charge in [-0.2, -0.15) is 0 Å². The molecule has 0 bridgehead atoms. The van der Waals surface area contributed by atoms with E-state index in [2.05, 4.69) is 15.2 Å². The average Bonchev–Trinajstić information content (AvgIpc) is 3.19. The lowest BCUT2D eigenvalue weighted by Crippen LogP contribution is -1.97. The summed E-state index contributed by atoms with van der Waals surface area (Å²) >= 11 is 0. The normalized spacial score (nSPS) is 11.1. The summed E-state index contributed by atoms with van der Waals surface area (Å²) in [4.78, 5) is 15.3. The molecule has 0 N–H and O–H groups in total. The SMILES string of the molecule is O=[N+]([O-])c1cccc(-c2nnc3c(-c4ccccc4)cc4cccnc4n23)c1. The number of fused-ring (bicyclic) bond motifs is 3. The first kappa shape index (κ1) is 16.1. The molecule has 0 radical (unpaired) electrons. The molecule has 0 unspecified atom stereocenters. The van der Waals surface area contributed by atoms with Crippen molar-refractivity contribution in [1.29, 1.82) is 0 Å². The summed E-state index contributed by atoms with van der Waals surface area (Å²) in [6.07, 6.45) is 1.71. The number of nitro groups is 1. The van der Waals surface area contributed by atoms with Crippen molar-refractivity contribution in [1.82, 2.24) is 19.6 Å². The maximum atomic E-state index is 11.2. The second-order valence-electron chi connectivity index (χ2n) is 6.33. The number of rotatable bonds is 3. The van der Waals surface area contributed by atoms with Crippen LogP contribution in [0.4, 0.5) is 5.69 Å². The molecule has 3 aromatic heterocycles. The highest BCUT2D eigenvalue weighted by atomic mass is 16.6. The number of nitrogens with zero attached hydrogens (tertiary/aromatic N) is 5. The van der Waals surface area contributed by atoms with E-state index in [0.29, 0.717) is 22.7 Å². The van der Waals surface area contributed by atoms with Gasteiger partial charge in [0.2, 0.25) is 0 Å². The van der Waals surface area contributed by atoms with Crippen LogP contribution in [0.15, 0.2) is 79.0 Å². The molecule has 0 aliphatic heterocycles. The minimum atomic E-state index is -0.418. The zero-order valence-electron chi connectivity index (χ0n) is 14.6. The predicted octanol–water partition coefficient (Wildman–Crippen LogP) is 4.52. The Morgan fingerprint density at radius 1 is 0.821 bits per heavy atom. The van der Waals surface area contributed by atoms with Gasteiger partial charge in [-0.3, -0.25) is 14.5 Å². The molecule has 0 amide bonds. The van der Waals surface area contributed by atoms with Crippen LogP contribution in [0.3, 0.4) is 0 Å². The van der Waals surface area contributed by atoms with Crippen molar-refractivity contribution in [2.45, 2.75) is 0 Å². The van der Waals surface area contributed by atoms with Crippen molar-refractivity contribution >= 4 is 22.4 Å². The van der Waals surface area contributed by atoms with Gasteiger partial charge in [-0.1, -0.05) is 42.5 Å². The Balaban J connectivity index is 1.87. The Labute approximate surface area is 159 Å². The molecule has 0 saturated carbocycles. The van der Waals surface area contributed by atoms with Gasteiger partial charge in [0, 0.05) is 34.8 Å². The Morgan fingerprint density at radius 2 is 1.64 bits per heavy atom. The molecule has 2 aromatic carbocycles. The molecule has 0 atom stereocenters. The van der Waals surface area contributed by atoms with Crippen molar-refractivity contribution in [2.75, 3.05) is 0 Å². The van der Waals surface area contributed by atoms with Crippen molar-refractivity contribution < 1.29 is 4.92 Å². The monoisotopic (exact) mass is 367 g/mol. The van der Waals surface area contributed by atoms with Gasteiger partial charge in [0.15, 0.2) is 11.5 Å². The van der Waals surface area contributed by atoms with Crippen LogP contribution in [0.1, 0.15) is 0 Å². The van der Waals surface area contributed by atoms with E-state index in [0.717, 1.165) is 16.5 Å². The van der Waals surface area contributed by atoms with Crippen LogP contribution < -0.4 is 0 Å². The number of nitro benzene ring substituents is 1. The third-order valence-corrected chi connectivity index (χ3v) is 4.63. The van der Waals surface area contributed by atoms with Gasteiger partial charge in [0.1, 0.15) is 5.65 Å². The Kier molecular flexibility index (Phi) is 3.58. The van der Waals surface area contributed by atoms with Crippen LogP contribution in [-0.2, 0) is 0 Å². The van der Waals surface area contributed by atoms with Crippen molar-refractivity contribution in [3.8, 4) is 22.5 Å². The molecule has 0 fully saturated rings. The van der Waals surface area contributed by atoms with Crippen LogP contribution in [0, 0.1) is 10.1 Å². The molecule has 5 rings (SSSR count). The van der Waals surface area contributed by atoms with E-state index in [1.54, 1.807) is 18.3 Å². The van der Waals surface area contributed by atoms with E-state index in [-0.39, 0.29) is 5.69 Å². The number of pyridine rings is 2. The number of benzene rings is 2. The summed E-state index contributed by atoms with van der Waals surface area (Å²) < 4.78 is 1.86. The van der Waals surface area contributed by atoms with Crippen molar-refractivity contribution in [3.63, 3.8) is 0 Å². The lowest BCUT2D eigenvalue weighted by Gasteiger charge is -2.09. The molecule has 0 aliphatic carbocycles. The number of hydrogen-bond acceptors (Lipinski definition) is 5. The topological polar surface area (TPSA) is 86.2 Å². The fourth-order valence-electron chi connectivity index (χ4n) is 3.36. The van der Waals surface area contributed by atoms with Gasteiger partial charge >= 0.3 is 0 Å². The Bertz CT molecular complexity index is 1350. The minimum Gasteiger partial charge on any atom is -0.258 e. The molecule has 0 aliphatic rings. The summed E-state index contributed by atoms with van der Waals surface area (Å²) in [7, 11) is 0. The quantitative estimate of drug-likeness (QED) is 0.346. The predicted molar refractivity (Wildman–Crippen MR) is 106 cm³/mol. The highest BCUT2D eigenvalue weighted by molar-refractivity contribution is 5.91. The van der Waals surface area contributed by atoms with Crippen molar-refractivity contribution in [2.24, 2.45) is 0 Å². The molecular weight excluding hydrogens is 354 g/mol. The fourth-order valence-corrected chi connectivity index (χ4v) is 3.36. The second-order valence-corrected chi connectivity index (χ2v) is 6.33. The highest BCUT2D eigenvalue weighted by Gasteiger charge is 2.18. The molecule has 5 aromatic rings. The van der Waals surface area contributed by atoms with E-state index in [1.165, 1.54) is 12.1 Å². The van der Waals surface area contributed by atoms with E-state index in [9.17, 15) is 10.1 Å². The third kappa shape index (κ3) is 2.49. The van der Waals surface area contributed by atoms with Gasteiger partial charge < -0.3 is 0 Å². The largest absolute Gasteiger partial charge is 0.270 e. The lowest BCUT2D eigenvalue weighted by molar-refractivity contribution is -0.384. The Morgan fingerprint density at radius 3 is 2.46 bits per heavy atom. The zero-order valence-corrected chi connectivity index (χ0v) is 14.6. The average molecular weight is 367 g/mol. The minimum absolute atomic E-state index is 0.00530. The lowest BCUT2D eigenvalue weighted by atomic mass is 10.1. The van der Waals surface area contributed by atoms with Gasteiger partial charge in [-0.05, 0) is 23.8 Å². The van der Waals surface area contributed by atoms with E-state index in [1.807, 2.05) is 52.9 Å². The first-order valence-electron chi connectivity index (χ1n) is 8.65. The first-order chi connectivity index (χ1) is 13.7. The number of non-ortho nitro benzene ring substituents is 1. The van der Waals surface area contributed by atoms with Gasteiger partial charge in [-0.25, -0.2) is 4.98 Å². The van der Waals surface area contributed by atoms with Crippen molar-refractivity contribution in [3.05, 3.63) is 89.1 Å². The van der Waals surface area contributed by atoms with Gasteiger partial charge in [0.25, 0.3) is 5.69 Å². The van der Waals surface area contributed by atoms with Crippen LogP contribution in [-0.4, -0.2) is 24.5 Å². The second kappa shape index (κ2) is 6.24. The maximum Gasteiger partial charge on any atom is 0.270 e. The Hall–Kier alpha value is -4.13. The smallest absolute Gasteiger partial charge is 0.258 e. The maximum absolute atomic E-state index is 11.2.